The maximum atomic E-state index is 11.3. The highest BCUT2D eigenvalue weighted by Crippen LogP contribution is 2.40. The van der Waals surface area contributed by atoms with Crippen molar-refractivity contribution in [2.24, 2.45) is 0 Å². The SMILES string of the molecule is CCO[C@H]1CCN(Cc2c(OC)cc(C)c3c2CCN3)[C@H](c2ccc(C(=O)O)cc2)C1. The Morgan fingerprint density at radius 3 is 2.74 bits per heavy atom. The molecule has 2 aliphatic heterocycles. The van der Waals surface area contributed by atoms with Gasteiger partial charge < -0.3 is 19.9 Å². The number of carboxylic acid groups (broad SMARTS) is 1. The molecule has 2 atom stereocenters. The molecule has 0 unspecified atom stereocenters. The number of likely N-dealkylation sites (tertiary alicyclic amines) is 1. The molecule has 6 heteroatoms. The molecule has 2 N–H and O–H groups in total. The van der Waals surface area contributed by atoms with Crippen molar-refractivity contribution in [3.05, 3.63) is 58.1 Å². The number of nitrogens with one attached hydrogen (secondary N) is 1. The van der Waals surface area contributed by atoms with Gasteiger partial charge in [0.25, 0.3) is 0 Å². The smallest absolute Gasteiger partial charge is 0.335 e. The number of piperidine rings is 1. The second-order valence-electron chi connectivity index (χ2n) is 8.42. The van der Waals surface area contributed by atoms with Gasteiger partial charge in [0, 0.05) is 43.5 Å². The van der Waals surface area contributed by atoms with Crippen molar-refractivity contribution in [3.63, 3.8) is 0 Å². The minimum Gasteiger partial charge on any atom is -0.496 e. The van der Waals surface area contributed by atoms with Gasteiger partial charge in [-0.05, 0) is 68.0 Å². The molecule has 0 radical (unpaired) electrons. The quantitative estimate of drug-likeness (QED) is 0.686. The van der Waals surface area contributed by atoms with Crippen LogP contribution in [0.3, 0.4) is 0 Å². The number of nitrogens with zero attached hydrogens (tertiary/aromatic N) is 1. The molecule has 2 heterocycles. The number of fused-ring (bicyclic) bond motifs is 1. The van der Waals surface area contributed by atoms with E-state index in [0.717, 1.165) is 50.2 Å². The Balaban J connectivity index is 1.66. The van der Waals surface area contributed by atoms with Gasteiger partial charge in [-0.15, -0.1) is 0 Å². The number of anilines is 1. The van der Waals surface area contributed by atoms with Crippen LogP contribution in [0.4, 0.5) is 5.69 Å². The van der Waals surface area contributed by atoms with E-state index in [1.807, 2.05) is 19.1 Å². The molecule has 6 nitrogen and oxygen atoms in total. The molecule has 4 rings (SSSR count). The lowest BCUT2D eigenvalue weighted by atomic mass is 9.91. The summed E-state index contributed by atoms with van der Waals surface area (Å²) in [5.74, 6) is 0.0542. The van der Waals surface area contributed by atoms with Gasteiger partial charge >= 0.3 is 5.97 Å². The average Bonchev–Trinajstić information content (AvgIpc) is 3.27. The highest BCUT2D eigenvalue weighted by Gasteiger charge is 2.32. The predicted molar refractivity (Wildman–Crippen MR) is 121 cm³/mol. The number of hydrogen-bond donors (Lipinski definition) is 2. The number of aromatic carboxylic acids is 1. The summed E-state index contributed by atoms with van der Waals surface area (Å²) in [5.41, 5.74) is 6.55. The third-order valence-electron chi connectivity index (χ3n) is 6.57. The molecule has 0 amide bonds. The van der Waals surface area contributed by atoms with Crippen molar-refractivity contribution < 1.29 is 19.4 Å². The summed E-state index contributed by atoms with van der Waals surface area (Å²) in [4.78, 5) is 13.8. The van der Waals surface area contributed by atoms with Gasteiger partial charge in [0.05, 0.1) is 18.8 Å². The number of carbonyl (C=O) groups is 1. The molecule has 1 fully saturated rings. The third kappa shape index (κ3) is 4.41. The number of ether oxygens (including phenoxy) is 2. The molecule has 0 bridgehead atoms. The van der Waals surface area contributed by atoms with E-state index in [1.165, 1.54) is 22.4 Å². The molecular weight excluding hydrogens is 392 g/mol. The van der Waals surface area contributed by atoms with Crippen molar-refractivity contribution in [2.75, 3.05) is 32.1 Å². The lowest BCUT2D eigenvalue weighted by Crippen LogP contribution is -2.39. The Bertz CT molecular complexity index is 942. The fraction of sp³-hybridized carbons (Fsp3) is 0.480. The van der Waals surface area contributed by atoms with Gasteiger partial charge in [-0.25, -0.2) is 4.79 Å². The van der Waals surface area contributed by atoms with Gasteiger partial charge in [-0.2, -0.15) is 0 Å². The van der Waals surface area contributed by atoms with Crippen LogP contribution in [-0.4, -0.2) is 48.9 Å². The topological polar surface area (TPSA) is 71.0 Å². The zero-order valence-electron chi connectivity index (χ0n) is 18.6. The summed E-state index contributed by atoms with van der Waals surface area (Å²) < 4.78 is 11.8. The Hall–Kier alpha value is -2.57. The second kappa shape index (κ2) is 9.28. The van der Waals surface area contributed by atoms with Crippen molar-refractivity contribution >= 4 is 11.7 Å². The van der Waals surface area contributed by atoms with E-state index in [1.54, 1.807) is 19.2 Å². The minimum atomic E-state index is -0.897. The number of rotatable bonds is 7. The molecule has 2 aliphatic rings. The summed E-state index contributed by atoms with van der Waals surface area (Å²) in [6.07, 6.45) is 3.12. The largest absolute Gasteiger partial charge is 0.496 e. The molecule has 31 heavy (non-hydrogen) atoms. The molecular formula is C25H32N2O4. The van der Waals surface area contributed by atoms with Gasteiger partial charge in [0.15, 0.2) is 0 Å². The first-order valence-corrected chi connectivity index (χ1v) is 11.1. The van der Waals surface area contributed by atoms with E-state index in [4.69, 9.17) is 9.47 Å². The van der Waals surface area contributed by atoms with Gasteiger partial charge in [-0.3, -0.25) is 4.90 Å². The van der Waals surface area contributed by atoms with Crippen LogP contribution in [0.2, 0.25) is 0 Å². The van der Waals surface area contributed by atoms with Gasteiger partial charge in [-0.1, -0.05) is 12.1 Å². The summed E-state index contributed by atoms with van der Waals surface area (Å²) in [7, 11) is 1.75. The predicted octanol–water partition coefficient (Wildman–Crippen LogP) is 4.41. The number of carboxylic acids is 1. The fourth-order valence-electron chi connectivity index (χ4n) is 5.04. The zero-order valence-corrected chi connectivity index (χ0v) is 18.6. The zero-order chi connectivity index (χ0) is 22.0. The monoisotopic (exact) mass is 424 g/mol. The van der Waals surface area contributed by atoms with Crippen molar-refractivity contribution in [2.45, 2.75) is 51.8 Å². The number of aryl methyl sites for hydroxylation is 1. The van der Waals surface area contributed by atoms with E-state index in [0.29, 0.717) is 12.2 Å². The lowest BCUT2D eigenvalue weighted by molar-refractivity contribution is -0.0140. The summed E-state index contributed by atoms with van der Waals surface area (Å²) in [6.45, 7) is 7.57. The van der Waals surface area contributed by atoms with E-state index in [9.17, 15) is 9.90 Å². The van der Waals surface area contributed by atoms with Gasteiger partial charge in [0.1, 0.15) is 5.75 Å². The van der Waals surface area contributed by atoms with Crippen molar-refractivity contribution in [1.82, 2.24) is 4.90 Å². The molecule has 0 saturated carbocycles. The van der Waals surface area contributed by atoms with Crippen molar-refractivity contribution in [1.29, 1.82) is 0 Å². The van der Waals surface area contributed by atoms with Gasteiger partial charge in [0.2, 0.25) is 0 Å². The number of methoxy groups -OCH3 is 1. The normalized spacial score (nSPS) is 20.9. The Morgan fingerprint density at radius 2 is 2.06 bits per heavy atom. The Kier molecular flexibility index (Phi) is 6.49. The number of hydrogen-bond acceptors (Lipinski definition) is 5. The van der Waals surface area contributed by atoms with Crippen LogP contribution >= 0.6 is 0 Å². The first-order valence-electron chi connectivity index (χ1n) is 11.1. The standard InChI is InChI=1S/C25H32N2O4/c1-4-31-19-10-12-27(22(14-19)17-5-7-18(8-6-17)25(28)29)15-21-20-9-11-26-24(20)16(2)13-23(21)30-3/h5-8,13,19,22,26H,4,9-12,14-15H2,1-3H3,(H,28,29)/t19-,22-/m0/s1. The molecule has 166 valence electrons. The molecule has 0 aliphatic carbocycles. The van der Waals surface area contributed by atoms with Crippen molar-refractivity contribution in [3.8, 4) is 5.75 Å². The van der Waals surface area contributed by atoms with E-state index < -0.39 is 5.97 Å². The second-order valence-corrected chi connectivity index (χ2v) is 8.42. The number of benzene rings is 2. The van der Waals surface area contributed by atoms with Crippen LogP contribution in [0.1, 0.15) is 58.4 Å². The summed E-state index contributed by atoms with van der Waals surface area (Å²) >= 11 is 0. The van der Waals surface area contributed by atoms with E-state index in [2.05, 4.69) is 23.2 Å². The first kappa shape index (κ1) is 21.7. The Labute approximate surface area is 184 Å². The highest BCUT2D eigenvalue weighted by molar-refractivity contribution is 5.87. The van der Waals surface area contributed by atoms with Crippen LogP contribution in [0.15, 0.2) is 30.3 Å². The Morgan fingerprint density at radius 1 is 1.29 bits per heavy atom. The van der Waals surface area contributed by atoms with Crippen LogP contribution in [0.25, 0.3) is 0 Å². The van der Waals surface area contributed by atoms with Crippen LogP contribution in [0, 0.1) is 6.92 Å². The molecule has 1 saturated heterocycles. The average molecular weight is 425 g/mol. The third-order valence-corrected chi connectivity index (χ3v) is 6.57. The summed E-state index contributed by atoms with van der Waals surface area (Å²) in [5, 5.41) is 12.8. The summed E-state index contributed by atoms with van der Waals surface area (Å²) in [6, 6.07) is 9.62. The van der Waals surface area contributed by atoms with Crippen LogP contribution in [0.5, 0.6) is 5.75 Å². The van der Waals surface area contributed by atoms with Crippen LogP contribution < -0.4 is 10.1 Å². The first-order chi connectivity index (χ1) is 15.0. The molecule has 0 aromatic heterocycles. The maximum Gasteiger partial charge on any atom is 0.335 e. The molecule has 2 aromatic carbocycles. The van der Waals surface area contributed by atoms with Crippen LogP contribution in [-0.2, 0) is 17.7 Å². The molecule has 2 aromatic rings. The molecule has 0 spiro atoms. The fourth-order valence-corrected chi connectivity index (χ4v) is 5.04. The van der Waals surface area contributed by atoms with E-state index >= 15 is 0 Å². The highest BCUT2D eigenvalue weighted by atomic mass is 16.5. The minimum absolute atomic E-state index is 0.171. The maximum absolute atomic E-state index is 11.3. The van der Waals surface area contributed by atoms with E-state index in [-0.39, 0.29) is 12.1 Å². The lowest BCUT2D eigenvalue weighted by Gasteiger charge is -2.40.